The minimum absolute atomic E-state index is 0.0620. The first-order chi connectivity index (χ1) is 10.5. The van der Waals surface area contributed by atoms with E-state index in [0.717, 1.165) is 25.7 Å². The Kier molecular flexibility index (Phi) is 5.84. The van der Waals surface area contributed by atoms with E-state index in [1.807, 2.05) is 0 Å². The van der Waals surface area contributed by atoms with Crippen molar-refractivity contribution in [2.75, 3.05) is 13.1 Å². The number of hydrogen-bond donors (Lipinski definition) is 1. The summed E-state index contributed by atoms with van der Waals surface area (Å²) >= 11 is 18.5. The molecule has 1 aromatic rings. The largest absolute Gasteiger partial charge is 0.506 e. The summed E-state index contributed by atoms with van der Waals surface area (Å²) in [7, 11) is 0. The Morgan fingerprint density at radius 1 is 1.18 bits per heavy atom. The van der Waals surface area contributed by atoms with E-state index < -0.39 is 0 Å². The van der Waals surface area contributed by atoms with Gasteiger partial charge in [-0.15, -0.1) is 0 Å². The molecule has 0 saturated carbocycles. The monoisotopic (exact) mass is 362 g/mol. The number of rotatable bonds is 3. The predicted molar refractivity (Wildman–Crippen MR) is 89.9 cm³/mol. The maximum absolute atomic E-state index is 11.3. The minimum atomic E-state index is -0.0620. The van der Waals surface area contributed by atoms with Crippen LogP contribution >= 0.6 is 34.8 Å². The maximum Gasteiger partial charge on any atom is 0.228 e. The van der Waals surface area contributed by atoms with E-state index in [0.29, 0.717) is 34.4 Å². The fourth-order valence-corrected chi connectivity index (χ4v) is 3.22. The zero-order valence-corrected chi connectivity index (χ0v) is 14.4. The van der Waals surface area contributed by atoms with Crippen molar-refractivity contribution < 1.29 is 9.90 Å². The molecule has 1 aliphatic heterocycles. The van der Waals surface area contributed by atoms with E-state index in [2.05, 4.69) is 0 Å². The Morgan fingerprint density at radius 3 is 2.55 bits per heavy atom. The normalized spacial score (nSPS) is 17.1. The second-order valence-corrected chi connectivity index (χ2v) is 6.32. The van der Waals surface area contributed by atoms with Crippen LogP contribution in [0, 0.1) is 0 Å². The molecule has 0 aromatic heterocycles. The van der Waals surface area contributed by atoms with Gasteiger partial charge in [0.15, 0.2) is 0 Å². The number of carbonyl (C=O) groups excluding carboxylic acids is 1. The molecular formula is C15H17Cl3N2O2. The summed E-state index contributed by atoms with van der Waals surface area (Å²) in [6, 6.07) is 2.95. The number of amides is 1. The molecule has 1 aliphatic rings. The number of carbonyl (C=O) groups is 1. The molecule has 1 fully saturated rings. The highest BCUT2D eigenvalue weighted by atomic mass is 35.5. The Morgan fingerprint density at radius 2 is 1.86 bits per heavy atom. The van der Waals surface area contributed by atoms with Crippen molar-refractivity contribution in [1.29, 1.82) is 0 Å². The first kappa shape index (κ1) is 17.3. The van der Waals surface area contributed by atoms with Crippen LogP contribution in [0.3, 0.4) is 0 Å². The summed E-state index contributed by atoms with van der Waals surface area (Å²) < 4.78 is 0. The summed E-state index contributed by atoms with van der Waals surface area (Å²) in [6.45, 7) is 3.09. The van der Waals surface area contributed by atoms with Crippen molar-refractivity contribution in [3.8, 4) is 5.75 Å². The van der Waals surface area contributed by atoms with Crippen LogP contribution in [0.5, 0.6) is 5.75 Å². The summed E-state index contributed by atoms with van der Waals surface area (Å²) in [6.07, 6.45) is 3.73. The van der Waals surface area contributed by atoms with E-state index in [4.69, 9.17) is 34.8 Å². The standard InChI is InChI=1S/C15H17Cl3N2O2/c1-10(11-7-14(22)13(17)8-12(11)16)15(18)20-6-4-2-3-5-19(20)9-21/h7-9,22H,2-6H2,1H3/b15-10+. The molecule has 120 valence electrons. The third-order valence-corrected chi connectivity index (χ3v) is 4.76. The van der Waals surface area contributed by atoms with Crippen LogP contribution in [0.2, 0.25) is 10.0 Å². The molecule has 0 unspecified atom stereocenters. The molecule has 0 radical (unpaired) electrons. The molecular weight excluding hydrogens is 347 g/mol. The van der Waals surface area contributed by atoms with Crippen LogP contribution in [-0.2, 0) is 4.79 Å². The summed E-state index contributed by atoms with van der Waals surface area (Å²) in [4.78, 5) is 11.3. The first-order valence-electron chi connectivity index (χ1n) is 7.00. The smallest absolute Gasteiger partial charge is 0.228 e. The van der Waals surface area contributed by atoms with Crippen molar-refractivity contribution >= 4 is 46.8 Å². The first-order valence-corrected chi connectivity index (χ1v) is 8.13. The Bertz CT molecular complexity index is 605. The van der Waals surface area contributed by atoms with Gasteiger partial charge in [0.2, 0.25) is 6.41 Å². The molecule has 7 heteroatoms. The lowest BCUT2D eigenvalue weighted by Crippen LogP contribution is -2.39. The third-order valence-electron chi connectivity index (χ3n) is 3.67. The fourth-order valence-electron chi connectivity index (χ4n) is 2.41. The van der Waals surface area contributed by atoms with Gasteiger partial charge in [-0.25, -0.2) is 0 Å². The molecule has 4 nitrogen and oxygen atoms in total. The van der Waals surface area contributed by atoms with E-state index in [1.54, 1.807) is 16.9 Å². The molecule has 0 atom stereocenters. The number of nitrogens with zero attached hydrogens (tertiary/aromatic N) is 2. The van der Waals surface area contributed by atoms with Gasteiger partial charge in [0.1, 0.15) is 10.9 Å². The summed E-state index contributed by atoms with van der Waals surface area (Å²) in [5.74, 6) is -0.0620. The van der Waals surface area contributed by atoms with Gasteiger partial charge in [-0.2, -0.15) is 0 Å². The highest BCUT2D eigenvalue weighted by Crippen LogP contribution is 2.36. The number of phenolic OH excluding ortho intramolecular Hbond substituents is 1. The molecule has 0 spiro atoms. The van der Waals surface area contributed by atoms with Gasteiger partial charge in [0.05, 0.1) is 5.02 Å². The number of hydrogen-bond acceptors (Lipinski definition) is 3. The predicted octanol–water partition coefficient (Wildman–Crippen LogP) is 4.49. The maximum atomic E-state index is 11.3. The van der Waals surface area contributed by atoms with Gasteiger partial charge >= 0.3 is 0 Å². The van der Waals surface area contributed by atoms with Crippen molar-refractivity contribution in [1.82, 2.24) is 10.0 Å². The molecule has 1 heterocycles. The SMILES string of the molecule is C/C(=C(/Cl)N1CCCCCN1C=O)c1cc(O)c(Cl)cc1Cl. The number of phenols is 1. The van der Waals surface area contributed by atoms with E-state index in [9.17, 15) is 9.90 Å². The zero-order chi connectivity index (χ0) is 16.3. The molecule has 1 N–H and O–H groups in total. The summed E-state index contributed by atoms with van der Waals surface area (Å²) in [5, 5.41) is 14.1. The van der Waals surface area contributed by atoms with Crippen LogP contribution in [0.1, 0.15) is 31.7 Å². The van der Waals surface area contributed by atoms with Gasteiger partial charge in [0, 0.05) is 23.7 Å². The topological polar surface area (TPSA) is 43.8 Å². The van der Waals surface area contributed by atoms with Crippen LogP contribution in [-0.4, -0.2) is 34.6 Å². The lowest BCUT2D eigenvalue weighted by atomic mass is 10.1. The summed E-state index contributed by atoms with van der Waals surface area (Å²) in [5.41, 5.74) is 1.26. The Hall–Kier alpha value is -1.10. The van der Waals surface area contributed by atoms with Crippen LogP contribution < -0.4 is 0 Å². The number of hydrazine groups is 1. The number of benzene rings is 1. The van der Waals surface area contributed by atoms with Crippen molar-refractivity contribution in [2.45, 2.75) is 26.2 Å². The number of halogens is 3. The zero-order valence-electron chi connectivity index (χ0n) is 12.2. The average molecular weight is 364 g/mol. The van der Waals surface area contributed by atoms with Gasteiger partial charge in [-0.3, -0.25) is 14.8 Å². The Balaban J connectivity index is 2.42. The average Bonchev–Trinajstić information content (AvgIpc) is 2.74. The molecule has 1 amide bonds. The lowest BCUT2D eigenvalue weighted by Gasteiger charge is -2.32. The quantitative estimate of drug-likeness (QED) is 0.636. The van der Waals surface area contributed by atoms with E-state index in [1.165, 1.54) is 12.1 Å². The van der Waals surface area contributed by atoms with Gasteiger partial charge in [-0.05, 0) is 43.9 Å². The van der Waals surface area contributed by atoms with Crippen LogP contribution in [0.4, 0.5) is 0 Å². The minimum Gasteiger partial charge on any atom is -0.506 e. The van der Waals surface area contributed by atoms with Gasteiger partial charge in [-0.1, -0.05) is 34.8 Å². The Labute approximate surface area is 144 Å². The van der Waals surface area contributed by atoms with Gasteiger partial charge < -0.3 is 5.11 Å². The third kappa shape index (κ3) is 3.62. The number of aromatic hydroxyl groups is 1. The molecule has 2 rings (SSSR count). The van der Waals surface area contributed by atoms with E-state index in [-0.39, 0.29) is 10.8 Å². The van der Waals surface area contributed by atoms with Crippen LogP contribution in [0.15, 0.2) is 17.3 Å². The van der Waals surface area contributed by atoms with Crippen molar-refractivity contribution in [3.05, 3.63) is 32.9 Å². The highest BCUT2D eigenvalue weighted by molar-refractivity contribution is 6.37. The van der Waals surface area contributed by atoms with Gasteiger partial charge in [0.25, 0.3) is 0 Å². The van der Waals surface area contributed by atoms with Crippen molar-refractivity contribution in [2.24, 2.45) is 0 Å². The highest BCUT2D eigenvalue weighted by Gasteiger charge is 2.21. The molecule has 22 heavy (non-hydrogen) atoms. The second kappa shape index (κ2) is 7.44. The molecule has 0 aliphatic carbocycles. The fraction of sp³-hybridized carbons (Fsp3) is 0.400. The second-order valence-electron chi connectivity index (χ2n) is 5.15. The van der Waals surface area contributed by atoms with E-state index >= 15 is 0 Å². The molecule has 1 saturated heterocycles. The number of allylic oxidation sites excluding steroid dienone is 1. The lowest BCUT2D eigenvalue weighted by molar-refractivity contribution is -0.129. The molecule has 1 aromatic carbocycles. The van der Waals surface area contributed by atoms with Crippen LogP contribution in [0.25, 0.3) is 5.57 Å². The molecule has 0 bridgehead atoms. The van der Waals surface area contributed by atoms with Crippen molar-refractivity contribution in [3.63, 3.8) is 0 Å².